The van der Waals surface area contributed by atoms with E-state index >= 15 is 0 Å². The van der Waals surface area contributed by atoms with Gasteiger partial charge < -0.3 is 9.16 Å². The van der Waals surface area contributed by atoms with Crippen LogP contribution in [0.4, 0.5) is 0 Å². The molecule has 0 saturated carbocycles. The summed E-state index contributed by atoms with van der Waals surface area (Å²) >= 11 is 3.75. The predicted octanol–water partition coefficient (Wildman–Crippen LogP) is 4.90. The molecule has 0 bridgehead atoms. The van der Waals surface area contributed by atoms with Crippen LogP contribution in [-0.2, 0) is 14.0 Å². The maximum atomic E-state index is 12.3. The summed E-state index contributed by atoms with van der Waals surface area (Å²) in [5.74, 6) is 6.13. The van der Waals surface area contributed by atoms with Gasteiger partial charge in [0.1, 0.15) is 6.10 Å². The lowest BCUT2D eigenvalue weighted by atomic mass is 9.70. The van der Waals surface area contributed by atoms with E-state index in [-0.39, 0.29) is 35.7 Å². The molecule has 2 rings (SSSR count). The van der Waals surface area contributed by atoms with E-state index in [1.165, 1.54) is 0 Å². The summed E-state index contributed by atoms with van der Waals surface area (Å²) in [4.78, 5) is 12.3. The molecule has 0 N–H and O–H groups in total. The Morgan fingerprint density at radius 2 is 2.08 bits per heavy atom. The van der Waals surface area contributed by atoms with Crippen molar-refractivity contribution in [3.8, 4) is 11.8 Å². The molecule has 1 heterocycles. The van der Waals surface area contributed by atoms with Crippen molar-refractivity contribution >= 4 is 30.2 Å². The summed E-state index contributed by atoms with van der Waals surface area (Å²) < 4.78 is 13.1. The molecule has 138 valence electrons. The standard InChI is InChI=1S/C20H29BrO3Si/c1-6-11-17(24-25(8-3,9-4)10-5)19-15(7-2)18-14(12-16(19)21)13-23-20(18)22/h7,12,14-15,17-19H,2,8-10,13H2,1,3-5H3/t14-,15-,17?,18+,19+/m1/s1. The number of rotatable bonds is 7. The average Bonchev–Trinajstić information content (AvgIpc) is 2.98. The Hall–Kier alpha value is -0.833. The molecule has 0 aromatic rings. The van der Waals surface area contributed by atoms with E-state index < -0.39 is 8.32 Å². The molecule has 25 heavy (non-hydrogen) atoms. The smallest absolute Gasteiger partial charge is 0.310 e. The molecule has 3 nitrogen and oxygen atoms in total. The molecule has 0 spiro atoms. The number of cyclic esters (lactones) is 1. The van der Waals surface area contributed by atoms with E-state index in [9.17, 15) is 4.79 Å². The summed E-state index contributed by atoms with van der Waals surface area (Å²) in [5.41, 5.74) is 0. The third-order valence-electron chi connectivity index (χ3n) is 5.87. The Kier molecular flexibility index (Phi) is 7.13. The second kappa shape index (κ2) is 8.70. The summed E-state index contributed by atoms with van der Waals surface area (Å²) in [7, 11) is -1.83. The van der Waals surface area contributed by atoms with Crippen molar-refractivity contribution in [2.24, 2.45) is 23.7 Å². The van der Waals surface area contributed by atoms with Crippen LogP contribution in [-0.4, -0.2) is 27.0 Å². The van der Waals surface area contributed by atoms with Crippen LogP contribution in [0.3, 0.4) is 0 Å². The number of allylic oxidation sites excluding steroid dienone is 1. The summed E-state index contributed by atoms with van der Waals surface area (Å²) in [6.45, 7) is 13.0. The lowest BCUT2D eigenvalue weighted by Crippen LogP contribution is -2.46. The van der Waals surface area contributed by atoms with Crippen LogP contribution in [0.5, 0.6) is 0 Å². The van der Waals surface area contributed by atoms with E-state index in [0.29, 0.717) is 6.61 Å². The molecule has 0 radical (unpaired) electrons. The molecule has 1 fully saturated rings. The molecule has 1 unspecified atom stereocenters. The number of ether oxygens (including phenoxy) is 1. The Bertz CT molecular complexity index is 592. The van der Waals surface area contributed by atoms with Gasteiger partial charge in [-0.1, -0.05) is 54.8 Å². The first-order chi connectivity index (χ1) is 12.0. The van der Waals surface area contributed by atoms with E-state index in [1.807, 2.05) is 13.0 Å². The topological polar surface area (TPSA) is 35.5 Å². The first-order valence-corrected chi connectivity index (χ1v) is 12.6. The monoisotopic (exact) mass is 424 g/mol. The van der Waals surface area contributed by atoms with Crippen LogP contribution in [0.15, 0.2) is 23.2 Å². The van der Waals surface area contributed by atoms with Gasteiger partial charge in [-0.15, -0.1) is 12.5 Å². The van der Waals surface area contributed by atoms with E-state index in [4.69, 9.17) is 9.16 Å². The minimum atomic E-state index is -1.83. The molecule has 5 atom stereocenters. The Morgan fingerprint density at radius 1 is 1.44 bits per heavy atom. The highest BCUT2D eigenvalue weighted by molar-refractivity contribution is 9.11. The van der Waals surface area contributed by atoms with Gasteiger partial charge >= 0.3 is 5.97 Å². The highest BCUT2D eigenvalue weighted by Gasteiger charge is 2.50. The lowest BCUT2D eigenvalue weighted by Gasteiger charge is -2.40. The van der Waals surface area contributed by atoms with Crippen LogP contribution in [0.2, 0.25) is 18.1 Å². The molecular formula is C20H29BrO3Si. The molecule has 1 saturated heterocycles. The molecule has 0 aromatic heterocycles. The molecule has 0 amide bonds. The summed E-state index contributed by atoms with van der Waals surface area (Å²) in [5, 5.41) is 0. The normalized spacial score (nSPS) is 29.8. The van der Waals surface area contributed by atoms with Crippen molar-refractivity contribution in [3.63, 3.8) is 0 Å². The Balaban J connectivity index is 2.41. The summed E-state index contributed by atoms with van der Waals surface area (Å²) in [6, 6.07) is 3.22. The number of halogens is 1. The molecular weight excluding hydrogens is 396 g/mol. The fraction of sp³-hybridized carbons (Fsp3) is 0.650. The SMILES string of the molecule is C=C[C@@H]1[C@H]2C(=O)OC[C@H]2C=C(Br)[C@H]1C(C#CC)O[Si](CC)(CC)CC. The predicted molar refractivity (Wildman–Crippen MR) is 108 cm³/mol. The first kappa shape index (κ1) is 20.5. The van der Waals surface area contributed by atoms with Crippen LogP contribution in [0, 0.1) is 35.5 Å². The van der Waals surface area contributed by atoms with Gasteiger partial charge in [-0.25, -0.2) is 0 Å². The van der Waals surface area contributed by atoms with E-state index in [1.54, 1.807) is 0 Å². The van der Waals surface area contributed by atoms with Crippen molar-refractivity contribution < 1.29 is 14.0 Å². The minimum absolute atomic E-state index is 0.00613. The van der Waals surface area contributed by atoms with Gasteiger partial charge in [0.2, 0.25) is 0 Å². The van der Waals surface area contributed by atoms with Gasteiger partial charge in [0, 0.05) is 17.8 Å². The number of carbonyl (C=O) groups excluding carboxylic acids is 1. The van der Waals surface area contributed by atoms with Gasteiger partial charge in [-0.05, 0) is 29.5 Å². The molecule has 5 heteroatoms. The van der Waals surface area contributed by atoms with Gasteiger partial charge in [0.15, 0.2) is 8.32 Å². The van der Waals surface area contributed by atoms with Crippen LogP contribution < -0.4 is 0 Å². The third-order valence-corrected chi connectivity index (χ3v) is 11.3. The van der Waals surface area contributed by atoms with Gasteiger partial charge in [0.25, 0.3) is 0 Å². The fourth-order valence-electron chi connectivity index (χ4n) is 4.11. The van der Waals surface area contributed by atoms with Gasteiger partial charge in [-0.3, -0.25) is 4.79 Å². The molecule has 0 aromatic carbocycles. The Labute approximate surface area is 161 Å². The second-order valence-electron chi connectivity index (χ2n) is 6.89. The zero-order valence-corrected chi connectivity index (χ0v) is 18.3. The van der Waals surface area contributed by atoms with E-state index in [0.717, 1.165) is 22.6 Å². The second-order valence-corrected chi connectivity index (χ2v) is 12.5. The van der Waals surface area contributed by atoms with Crippen LogP contribution in [0.1, 0.15) is 27.7 Å². The lowest BCUT2D eigenvalue weighted by molar-refractivity contribution is -0.142. The largest absolute Gasteiger partial charge is 0.465 e. The Morgan fingerprint density at radius 3 is 2.60 bits per heavy atom. The third kappa shape index (κ3) is 3.96. The van der Waals surface area contributed by atoms with E-state index in [2.05, 4.69) is 61.2 Å². The van der Waals surface area contributed by atoms with Crippen molar-refractivity contribution in [2.75, 3.05) is 6.61 Å². The quantitative estimate of drug-likeness (QED) is 0.252. The zero-order chi connectivity index (χ0) is 18.6. The number of hydrogen-bond donors (Lipinski definition) is 0. The fourth-order valence-corrected chi connectivity index (χ4v) is 7.74. The number of hydrogen-bond acceptors (Lipinski definition) is 3. The number of carbonyl (C=O) groups is 1. The first-order valence-electron chi connectivity index (χ1n) is 9.23. The highest BCUT2D eigenvalue weighted by Crippen LogP contribution is 2.47. The maximum Gasteiger partial charge on any atom is 0.310 e. The zero-order valence-electron chi connectivity index (χ0n) is 15.7. The molecule has 2 aliphatic rings. The van der Waals surface area contributed by atoms with Crippen molar-refractivity contribution in [3.05, 3.63) is 23.2 Å². The van der Waals surface area contributed by atoms with Crippen LogP contribution in [0.25, 0.3) is 0 Å². The van der Waals surface area contributed by atoms with Crippen molar-refractivity contribution in [1.29, 1.82) is 0 Å². The molecule has 1 aliphatic heterocycles. The van der Waals surface area contributed by atoms with Gasteiger partial charge in [0.05, 0.1) is 12.5 Å². The number of fused-ring (bicyclic) bond motifs is 1. The van der Waals surface area contributed by atoms with Crippen molar-refractivity contribution in [1.82, 2.24) is 0 Å². The molecule has 1 aliphatic carbocycles. The average molecular weight is 425 g/mol. The highest BCUT2D eigenvalue weighted by atomic mass is 79.9. The minimum Gasteiger partial charge on any atom is -0.465 e. The summed E-state index contributed by atoms with van der Waals surface area (Å²) in [6.07, 6.45) is 3.80. The van der Waals surface area contributed by atoms with Crippen LogP contribution >= 0.6 is 15.9 Å². The van der Waals surface area contributed by atoms with Gasteiger partial charge in [-0.2, -0.15) is 0 Å². The number of esters is 1. The van der Waals surface area contributed by atoms with Crippen molar-refractivity contribution in [2.45, 2.75) is 51.9 Å². The maximum absolute atomic E-state index is 12.3.